The highest BCUT2D eigenvalue weighted by Gasteiger charge is 2.32. The smallest absolute Gasteiger partial charge is 0.260 e. The molecule has 0 saturated carbocycles. The molecule has 0 aromatic heterocycles. The number of ketones is 1. The number of hydrogen-bond donors (Lipinski definition) is 0. The van der Waals surface area contributed by atoms with Crippen molar-refractivity contribution in [2.75, 3.05) is 19.7 Å². The van der Waals surface area contributed by atoms with Gasteiger partial charge >= 0.3 is 0 Å². The first-order valence-electron chi connectivity index (χ1n) is 10.4. The molecule has 2 atom stereocenters. The zero-order valence-corrected chi connectivity index (χ0v) is 17.8. The van der Waals surface area contributed by atoms with Gasteiger partial charge in [0.05, 0.1) is 5.56 Å². The van der Waals surface area contributed by atoms with E-state index in [2.05, 4.69) is 11.8 Å². The number of amides is 1. The Morgan fingerprint density at radius 2 is 1.73 bits per heavy atom. The van der Waals surface area contributed by atoms with Crippen LogP contribution in [0.5, 0.6) is 5.75 Å². The number of Topliss-reactive ketones (excluding diaryl/α,β-unsaturated/α-hetero) is 1. The Bertz CT molecular complexity index is 884. The first-order valence-corrected chi connectivity index (χ1v) is 10.4. The minimum absolute atomic E-state index is 0.00514. The van der Waals surface area contributed by atoms with Gasteiger partial charge in [-0.2, -0.15) is 0 Å². The first-order chi connectivity index (χ1) is 14.4. The monoisotopic (exact) mass is 412 g/mol. The number of ether oxygens (including phenoxy) is 1. The van der Waals surface area contributed by atoms with Gasteiger partial charge in [-0.3, -0.25) is 14.5 Å². The van der Waals surface area contributed by atoms with E-state index < -0.39 is 0 Å². The molecule has 1 saturated heterocycles. The largest absolute Gasteiger partial charge is 0.483 e. The van der Waals surface area contributed by atoms with Crippen molar-refractivity contribution in [3.63, 3.8) is 0 Å². The van der Waals surface area contributed by atoms with Crippen LogP contribution in [0.15, 0.2) is 48.5 Å². The molecule has 160 valence electrons. The normalized spacial score (nSPS) is 19.5. The molecule has 0 aliphatic carbocycles. The number of piperazine rings is 1. The summed E-state index contributed by atoms with van der Waals surface area (Å²) in [6, 6.07) is 13.8. The minimum atomic E-state index is -0.238. The maximum absolute atomic E-state index is 13.1. The highest BCUT2D eigenvalue weighted by Crippen LogP contribution is 2.21. The zero-order chi connectivity index (χ0) is 21.7. The summed E-state index contributed by atoms with van der Waals surface area (Å²) in [4.78, 5) is 29.1. The summed E-state index contributed by atoms with van der Waals surface area (Å²) < 4.78 is 18.9. The summed E-state index contributed by atoms with van der Waals surface area (Å²) in [6.45, 7) is 7.87. The molecule has 2 aromatic rings. The van der Waals surface area contributed by atoms with Gasteiger partial charge in [0, 0.05) is 38.1 Å². The van der Waals surface area contributed by atoms with Gasteiger partial charge in [0.2, 0.25) is 0 Å². The fourth-order valence-corrected chi connectivity index (χ4v) is 3.83. The first kappa shape index (κ1) is 22.0. The van der Waals surface area contributed by atoms with Gasteiger partial charge in [-0.05, 0) is 43.7 Å². The van der Waals surface area contributed by atoms with Crippen molar-refractivity contribution in [1.29, 1.82) is 0 Å². The Labute approximate surface area is 177 Å². The summed E-state index contributed by atoms with van der Waals surface area (Å²) >= 11 is 0. The number of carbonyl (C=O) groups excluding carboxylic acids is 2. The third kappa shape index (κ3) is 5.25. The van der Waals surface area contributed by atoms with Crippen molar-refractivity contribution >= 4 is 11.7 Å². The van der Waals surface area contributed by atoms with Crippen LogP contribution in [-0.4, -0.2) is 53.3 Å². The van der Waals surface area contributed by atoms with E-state index in [-0.39, 0.29) is 36.2 Å². The van der Waals surface area contributed by atoms with Crippen LogP contribution in [-0.2, 0) is 11.3 Å². The molecule has 5 nitrogen and oxygen atoms in total. The molecule has 0 bridgehead atoms. The molecule has 6 heteroatoms. The van der Waals surface area contributed by atoms with Crippen LogP contribution in [0.4, 0.5) is 4.39 Å². The molecule has 2 aromatic carbocycles. The van der Waals surface area contributed by atoms with Crippen molar-refractivity contribution in [2.24, 2.45) is 0 Å². The van der Waals surface area contributed by atoms with Crippen LogP contribution in [0.25, 0.3) is 0 Å². The van der Waals surface area contributed by atoms with Gasteiger partial charge < -0.3 is 9.64 Å². The number of nitrogens with zero attached hydrogens (tertiary/aromatic N) is 2. The summed E-state index contributed by atoms with van der Waals surface area (Å²) in [5.41, 5.74) is 1.56. The van der Waals surface area contributed by atoms with Crippen molar-refractivity contribution < 1.29 is 18.7 Å². The quantitative estimate of drug-likeness (QED) is 0.647. The topological polar surface area (TPSA) is 49.9 Å². The molecular weight excluding hydrogens is 383 g/mol. The number of halogens is 1. The number of para-hydroxylation sites is 1. The maximum Gasteiger partial charge on any atom is 0.260 e. The Hall–Kier alpha value is -2.73. The standard InChI is InChI=1S/C24H29FN2O3/c1-4-22(28)21-7-5-6-8-23(21)30-16-24(29)27-14-17(2)26(13-18(27)3)15-19-9-11-20(25)12-10-19/h5-12,17-18H,4,13-16H2,1-3H3. The number of rotatable bonds is 7. The van der Waals surface area contributed by atoms with Crippen molar-refractivity contribution in [3.8, 4) is 5.75 Å². The maximum atomic E-state index is 13.1. The summed E-state index contributed by atoms with van der Waals surface area (Å²) in [7, 11) is 0. The predicted octanol–water partition coefficient (Wildman–Crippen LogP) is 3.92. The summed E-state index contributed by atoms with van der Waals surface area (Å²) in [6.07, 6.45) is 0.388. The molecule has 30 heavy (non-hydrogen) atoms. The third-order valence-electron chi connectivity index (χ3n) is 5.59. The second kappa shape index (κ2) is 9.85. The van der Waals surface area contributed by atoms with E-state index in [1.54, 1.807) is 43.3 Å². The van der Waals surface area contributed by atoms with Crippen LogP contribution in [0.1, 0.15) is 43.1 Å². The van der Waals surface area contributed by atoms with Crippen LogP contribution in [0.3, 0.4) is 0 Å². The van der Waals surface area contributed by atoms with E-state index in [0.717, 1.165) is 18.7 Å². The van der Waals surface area contributed by atoms with E-state index >= 15 is 0 Å². The molecule has 1 heterocycles. The molecule has 1 amide bonds. The minimum Gasteiger partial charge on any atom is -0.483 e. The van der Waals surface area contributed by atoms with Crippen LogP contribution in [0, 0.1) is 5.82 Å². The molecule has 3 rings (SSSR count). The molecule has 0 radical (unpaired) electrons. The van der Waals surface area contributed by atoms with Gasteiger partial charge in [-0.1, -0.05) is 31.2 Å². The lowest BCUT2D eigenvalue weighted by Crippen LogP contribution is -2.58. The van der Waals surface area contributed by atoms with Gasteiger partial charge in [0.1, 0.15) is 11.6 Å². The molecular formula is C24H29FN2O3. The molecule has 2 unspecified atom stereocenters. The molecule has 1 fully saturated rings. The lowest BCUT2D eigenvalue weighted by molar-refractivity contribution is -0.139. The lowest BCUT2D eigenvalue weighted by atomic mass is 10.1. The van der Waals surface area contributed by atoms with E-state index in [0.29, 0.717) is 24.3 Å². The van der Waals surface area contributed by atoms with Crippen molar-refractivity contribution in [2.45, 2.75) is 45.8 Å². The fourth-order valence-electron chi connectivity index (χ4n) is 3.83. The van der Waals surface area contributed by atoms with Gasteiger partial charge in [-0.25, -0.2) is 4.39 Å². The Morgan fingerprint density at radius 1 is 1.03 bits per heavy atom. The molecule has 0 spiro atoms. The summed E-state index contributed by atoms with van der Waals surface area (Å²) in [5, 5.41) is 0. The van der Waals surface area contributed by atoms with E-state index in [4.69, 9.17) is 4.74 Å². The van der Waals surface area contributed by atoms with Gasteiger partial charge in [-0.15, -0.1) is 0 Å². The van der Waals surface area contributed by atoms with E-state index in [1.807, 2.05) is 11.8 Å². The SMILES string of the molecule is CCC(=O)c1ccccc1OCC(=O)N1CC(C)N(Cc2ccc(F)cc2)CC1C. The van der Waals surface area contributed by atoms with Gasteiger partial charge in [0.25, 0.3) is 5.91 Å². The predicted molar refractivity (Wildman–Crippen MR) is 114 cm³/mol. The molecule has 0 N–H and O–H groups in total. The average Bonchev–Trinajstić information content (AvgIpc) is 2.75. The Kier molecular flexibility index (Phi) is 7.21. The Morgan fingerprint density at radius 3 is 2.43 bits per heavy atom. The number of hydrogen-bond acceptors (Lipinski definition) is 4. The van der Waals surface area contributed by atoms with E-state index in [1.165, 1.54) is 12.1 Å². The number of benzene rings is 2. The second-order valence-electron chi connectivity index (χ2n) is 7.86. The average molecular weight is 413 g/mol. The molecule has 1 aliphatic rings. The summed E-state index contributed by atoms with van der Waals surface area (Å²) in [5.74, 6) is 0.120. The van der Waals surface area contributed by atoms with Crippen LogP contribution in [0.2, 0.25) is 0 Å². The highest BCUT2D eigenvalue weighted by atomic mass is 19.1. The van der Waals surface area contributed by atoms with Crippen LogP contribution >= 0.6 is 0 Å². The van der Waals surface area contributed by atoms with E-state index in [9.17, 15) is 14.0 Å². The molecule has 1 aliphatic heterocycles. The number of carbonyl (C=O) groups is 2. The van der Waals surface area contributed by atoms with Crippen molar-refractivity contribution in [3.05, 3.63) is 65.5 Å². The third-order valence-corrected chi connectivity index (χ3v) is 5.59. The lowest BCUT2D eigenvalue weighted by Gasteiger charge is -2.44. The highest BCUT2D eigenvalue weighted by molar-refractivity contribution is 5.98. The van der Waals surface area contributed by atoms with Crippen LogP contribution < -0.4 is 4.74 Å². The fraction of sp³-hybridized carbons (Fsp3) is 0.417. The second-order valence-corrected chi connectivity index (χ2v) is 7.86. The Balaban J connectivity index is 1.59. The van der Waals surface area contributed by atoms with Crippen molar-refractivity contribution in [1.82, 2.24) is 9.80 Å². The zero-order valence-electron chi connectivity index (χ0n) is 17.8. The van der Waals surface area contributed by atoms with Gasteiger partial charge in [0.15, 0.2) is 12.4 Å².